The van der Waals surface area contributed by atoms with E-state index in [0.29, 0.717) is 29.8 Å². The summed E-state index contributed by atoms with van der Waals surface area (Å²) in [6.45, 7) is 2.85. The van der Waals surface area contributed by atoms with Crippen molar-refractivity contribution in [3.63, 3.8) is 0 Å². The van der Waals surface area contributed by atoms with Crippen LogP contribution in [0.1, 0.15) is 73.1 Å². The van der Waals surface area contributed by atoms with Crippen LogP contribution in [0.3, 0.4) is 0 Å². The Hall–Kier alpha value is -2.95. The average Bonchev–Trinajstić information content (AvgIpc) is 3.31. The Kier molecular flexibility index (Phi) is 7.13. The Morgan fingerprint density at radius 2 is 1.84 bits per heavy atom. The van der Waals surface area contributed by atoms with Gasteiger partial charge in [-0.25, -0.2) is 0 Å². The highest BCUT2D eigenvalue weighted by molar-refractivity contribution is 5.94. The van der Waals surface area contributed by atoms with E-state index in [-0.39, 0.29) is 5.91 Å². The van der Waals surface area contributed by atoms with Gasteiger partial charge in [-0.3, -0.25) is 4.79 Å². The predicted molar refractivity (Wildman–Crippen MR) is 122 cm³/mol. The monoisotopic (exact) mass is 417 g/mol. The summed E-state index contributed by atoms with van der Waals surface area (Å²) in [6, 6.07) is 18.1. The van der Waals surface area contributed by atoms with Crippen molar-refractivity contribution in [3.05, 3.63) is 71.5 Å². The van der Waals surface area contributed by atoms with Crippen molar-refractivity contribution in [1.29, 1.82) is 0 Å². The molecule has 0 bridgehead atoms. The van der Waals surface area contributed by atoms with Crippen LogP contribution in [-0.2, 0) is 6.42 Å². The first-order chi connectivity index (χ1) is 15.2. The van der Waals surface area contributed by atoms with Gasteiger partial charge in [0.2, 0.25) is 0 Å². The third kappa shape index (κ3) is 5.40. The number of amides is 1. The first-order valence-corrected chi connectivity index (χ1v) is 11.5. The number of aromatic nitrogens is 2. The zero-order chi connectivity index (χ0) is 21.5. The third-order valence-electron chi connectivity index (χ3n) is 6.28. The van der Waals surface area contributed by atoms with Crippen LogP contribution in [0.4, 0.5) is 0 Å². The fraction of sp³-hybridized carbons (Fsp3) is 0.423. The van der Waals surface area contributed by atoms with E-state index in [2.05, 4.69) is 52.7 Å². The maximum absolute atomic E-state index is 12.7. The molecule has 5 heteroatoms. The molecule has 1 aliphatic rings. The summed E-state index contributed by atoms with van der Waals surface area (Å²) in [7, 11) is 0. The lowest BCUT2D eigenvalue weighted by Gasteiger charge is -2.32. The zero-order valence-corrected chi connectivity index (χ0v) is 18.2. The molecule has 0 saturated heterocycles. The van der Waals surface area contributed by atoms with Gasteiger partial charge in [0, 0.05) is 24.1 Å². The Morgan fingerprint density at radius 1 is 1.06 bits per heavy atom. The molecule has 1 fully saturated rings. The van der Waals surface area contributed by atoms with Crippen LogP contribution in [0.2, 0.25) is 0 Å². The molecule has 4 rings (SSSR count). The number of nitrogens with zero attached hydrogens (tertiary/aromatic N) is 2. The Balaban J connectivity index is 1.35. The van der Waals surface area contributed by atoms with Crippen molar-refractivity contribution < 1.29 is 9.32 Å². The number of carbonyl (C=O) groups is 1. The molecule has 1 unspecified atom stereocenters. The fourth-order valence-electron chi connectivity index (χ4n) is 4.49. The molecule has 1 saturated carbocycles. The van der Waals surface area contributed by atoms with Crippen LogP contribution in [-0.4, -0.2) is 22.6 Å². The van der Waals surface area contributed by atoms with Gasteiger partial charge in [0.05, 0.1) is 0 Å². The summed E-state index contributed by atoms with van der Waals surface area (Å²) in [5.41, 5.74) is 2.88. The van der Waals surface area contributed by atoms with Gasteiger partial charge in [-0.05, 0) is 60.9 Å². The highest BCUT2D eigenvalue weighted by Crippen LogP contribution is 2.37. The topological polar surface area (TPSA) is 68.0 Å². The van der Waals surface area contributed by atoms with Crippen molar-refractivity contribution in [3.8, 4) is 11.5 Å². The van der Waals surface area contributed by atoms with E-state index in [1.807, 2.05) is 24.3 Å². The summed E-state index contributed by atoms with van der Waals surface area (Å²) in [4.78, 5) is 17.2. The molecule has 5 nitrogen and oxygen atoms in total. The Labute approximate surface area is 184 Å². The maximum atomic E-state index is 12.7. The second-order valence-corrected chi connectivity index (χ2v) is 8.47. The molecule has 1 aliphatic carbocycles. The largest absolute Gasteiger partial charge is 0.352 e. The molecule has 162 valence electrons. The number of carbonyl (C=O) groups excluding carboxylic acids is 1. The van der Waals surface area contributed by atoms with Crippen LogP contribution >= 0.6 is 0 Å². The first kappa shape index (κ1) is 21.3. The number of benzene rings is 2. The molecule has 3 aromatic rings. The number of nitrogens with one attached hydrogen (secondary N) is 1. The SMILES string of the molecule is CCCCc1noc(-c2ccc(C(=O)NCC3CCCC[C@@H]3c3ccccc3)cc2)n1. The average molecular weight is 418 g/mol. The minimum absolute atomic E-state index is 0.0295. The normalized spacial score (nSPS) is 18.6. The molecule has 2 atom stereocenters. The smallest absolute Gasteiger partial charge is 0.257 e. The van der Waals surface area contributed by atoms with Gasteiger partial charge in [0.25, 0.3) is 11.8 Å². The van der Waals surface area contributed by atoms with E-state index >= 15 is 0 Å². The standard InChI is InChI=1S/C26H31N3O2/c1-2-3-13-24-28-26(31-29-24)21-16-14-20(15-17-21)25(30)27-18-22-11-7-8-12-23(22)19-9-5-4-6-10-19/h4-6,9-10,14-17,22-23H,2-3,7-8,11-13,18H2,1H3,(H,27,30)/t22?,23-/m1/s1. The van der Waals surface area contributed by atoms with Crippen LogP contribution in [0.15, 0.2) is 59.1 Å². The summed E-state index contributed by atoms with van der Waals surface area (Å²) < 4.78 is 5.37. The lowest BCUT2D eigenvalue weighted by Crippen LogP contribution is -2.33. The Bertz CT molecular complexity index is 966. The first-order valence-electron chi connectivity index (χ1n) is 11.5. The Morgan fingerprint density at radius 3 is 2.61 bits per heavy atom. The molecule has 0 aliphatic heterocycles. The van der Waals surface area contributed by atoms with E-state index in [1.54, 1.807) is 0 Å². The molecular weight excluding hydrogens is 386 g/mol. The summed E-state index contributed by atoms with van der Waals surface area (Å²) >= 11 is 0. The predicted octanol–water partition coefficient (Wildman–Crippen LogP) is 5.78. The molecule has 31 heavy (non-hydrogen) atoms. The van der Waals surface area contributed by atoms with Crippen LogP contribution in [0.5, 0.6) is 0 Å². The van der Waals surface area contributed by atoms with E-state index < -0.39 is 0 Å². The minimum atomic E-state index is -0.0295. The van der Waals surface area contributed by atoms with Crippen molar-refractivity contribution in [1.82, 2.24) is 15.5 Å². The molecule has 1 N–H and O–H groups in total. The zero-order valence-electron chi connectivity index (χ0n) is 18.2. The van der Waals surface area contributed by atoms with E-state index in [1.165, 1.54) is 24.8 Å². The molecule has 1 aromatic heterocycles. The lowest BCUT2D eigenvalue weighted by molar-refractivity contribution is 0.0941. The molecule has 1 amide bonds. The fourth-order valence-corrected chi connectivity index (χ4v) is 4.49. The highest BCUT2D eigenvalue weighted by Gasteiger charge is 2.26. The van der Waals surface area contributed by atoms with Crippen LogP contribution in [0.25, 0.3) is 11.5 Å². The quantitative estimate of drug-likeness (QED) is 0.504. The molecule has 0 spiro atoms. The lowest BCUT2D eigenvalue weighted by atomic mass is 9.75. The van der Waals surface area contributed by atoms with E-state index in [4.69, 9.17) is 4.52 Å². The highest BCUT2D eigenvalue weighted by atomic mass is 16.5. The number of hydrogen-bond donors (Lipinski definition) is 1. The second-order valence-electron chi connectivity index (χ2n) is 8.47. The van der Waals surface area contributed by atoms with Crippen molar-refractivity contribution in [2.45, 2.75) is 57.8 Å². The van der Waals surface area contributed by atoms with Gasteiger partial charge in [0.1, 0.15) is 0 Å². The van der Waals surface area contributed by atoms with Gasteiger partial charge >= 0.3 is 0 Å². The molecule has 1 heterocycles. The number of aryl methyl sites for hydroxylation is 1. The third-order valence-corrected chi connectivity index (χ3v) is 6.28. The van der Waals surface area contributed by atoms with Gasteiger partial charge in [0.15, 0.2) is 5.82 Å². The summed E-state index contributed by atoms with van der Waals surface area (Å²) in [5, 5.41) is 7.20. The van der Waals surface area contributed by atoms with Gasteiger partial charge in [-0.2, -0.15) is 4.98 Å². The minimum Gasteiger partial charge on any atom is -0.352 e. The summed E-state index contributed by atoms with van der Waals surface area (Å²) in [6.07, 6.45) is 7.83. The number of unbranched alkanes of at least 4 members (excludes halogenated alkanes) is 1. The van der Waals surface area contributed by atoms with Gasteiger partial charge in [-0.15, -0.1) is 0 Å². The molecule has 2 aromatic carbocycles. The van der Waals surface area contributed by atoms with Gasteiger partial charge in [-0.1, -0.05) is 61.7 Å². The van der Waals surface area contributed by atoms with Crippen LogP contribution in [0, 0.1) is 5.92 Å². The van der Waals surface area contributed by atoms with E-state index in [0.717, 1.165) is 37.1 Å². The number of hydrogen-bond acceptors (Lipinski definition) is 4. The van der Waals surface area contributed by atoms with Crippen molar-refractivity contribution in [2.75, 3.05) is 6.54 Å². The summed E-state index contributed by atoms with van der Waals surface area (Å²) in [5.74, 6) is 2.22. The van der Waals surface area contributed by atoms with Crippen molar-refractivity contribution >= 4 is 5.91 Å². The van der Waals surface area contributed by atoms with E-state index in [9.17, 15) is 4.79 Å². The maximum Gasteiger partial charge on any atom is 0.257 e. The molecule has 0 radical (unpaired) electrons. The molecular formula is C26H31N3O2. The number of rotatable bonds is 8. The second kappa shape index (κ2) is 10.4. The van der Waals surface area contributed by atoms with Gasteiger partial charge < -0.3 is 9.84 Å². The van der Waals surface area contributed by atoms with Crippen molar-refractivity contribution in [2.24, 2.45) is 5.92 Å². The van der Waals surface area contributed by atoms with Crippen LogP contribution < -0.4 is 5.32 Å².